The molecule has 0 unspecified atom stereocenters. The molecule has 3 N–H and O–H groups in total. The number of carbonyl (C=O) groups excluding carboxylic acids is 1. The van der Waals surface area contributed by atoms with Crippen molar-refractivity contribution in [1.29, 1.82) is 0 Å². The van der Waals surface area contributed by atoms with E-state index < -0.39 is 0 Å². The fraction of sp³-hybridized carbons (Fsp3) is 0.450. The number of nitrogens with two attached hydrogens (primary N) is 1. The van der Waals surface area contributed by atoms with Gasteiger partial charge in [0, 0.05) is 19.6 Å². The molecule has 0 aliphatic carbocycles. The number of likely N-dealkylation sites (tertiary alicyclic amines) is 1. The van der Waals surface area contributed by atoms with E-state index in [4.69, 9.17) is 5.73 Å². The van der Waals surface area contributed by atoms with E-state index >= 15 is 0 Å². The van der Waals surface area contributed by atoms with E-state index in [9.17, 15) is 4.79 Å². The summed E-state index contributed by atoms with van der Waals surface area (Å²) in [6.07, 6.45) is 2.12. The first-order valence-electron chi connectivity index (χ1n) is 8.93. The molecule has 2 aromatic carbocycles. The molecule has 0 spiro atoms. The van der Waals surface area contributed by atoms with Crippen LogP contribution in [0.25, 0.3) is 10.8 Å². The average molecular weight is 325 g/mol. The summed E-state index contributed by atoms with van der Waals surface area (Å²) >= 11 is 0. The van der Waals surface area contributed by atoms with Gasteiger partial charge in [0.25, 0.3) is 0 Å². The van der Waals surface area contributed by atoms with Gasteiger partial charge in [0.2, 0.25) is 5.91 Å². The Morgan fingerprint density at radius 2 is 2.04 bits per heavy atom. The van der Waals surface area contributed by atoms with Crippen LogP contribution in [-0.2, 0) is 11.3 Å². The number of nitrogens with one attached hydrogen (secondary N) is 1. The van der Waals surface area contributed by atoms with Crippen LogP contribution in [0.15, 0.2) is 42.5 Å². The molecule has 1 fully saturated rings. The van der Waals surface area contributed by atoms with E-state index in [-0.39, 0.29) is 11.9 Å². The van der Waals surface area contributed by atoms with Crippen LogP contribution in [-0.4, -0.2) is 36.5 Å². The molecule has 2 aromatic rings. The molecule has 1 saturated heterocycles. The van der Waals surface area contributed by atoms with Crippen LogP contribution >= 0.6 is 0 Å². The number of benzene rings is 2. The molecule has 1 aliphatic heterocycles. The van der Waals surface area contributed by atoms with Crippen LogP contribution in [0.2, 0.25) is 0 Å². The molecule has 1 aliphatic rings. The molecule has 0 aromatic heterocycles. The Balaban J connectivity index is 1.71. The van der Waals surface area contributed by atoms with Crippen LogP contribution in [0.4, 0.5) is 0 Å². The molecule has 1 heterocycles. The van der Waals surface area contributed by atoms with Crippen LogP contribution in [0.5, 0.6) is 0 Å². The zero-order valence-electron chi connectivity index (χ0n) is 14.4. The van der Waals surface area contributed by atoms with Crippen molar-refractivity contribution >= 4 is 16.7 Å². The summed E-state index contributed by atoms with van der Waals surface area (Å²) in [7, 11) is 0. The molecule has 1 amide bonds. The van der Waals surface area contributed by atoms with Gasteiger partial charge < -0.3 is 11.1 Å². The monoisotopic (exact) mass is 325 g/mol. The van der Waals surface area contributed by atoms with Gasteiger partial charge in [0.05, 0.1) is 6.04 Å². The van der Waals surface area contributed by atoms with Crippen molar-refractivity contribution in [1.82, 2.24) is 10.2 Å². The van der Waals surface area contributed by atoms with Crippen LogP contribution < -0.4 is 11.1 Å². The molecular weight excluding hydrogens is 298 g/mol. The minimum Gasteiger partial charge on any atom is -0.351 e. The Bertz CT molecular complexity index is 695. The summed E-state index contributed by atoms with van der Waals surface area (Å²) < 4.78 is 0. The Morgan fingerprint density at radius 3 is 2.83 bits per heavy atom. The van der Waals surface area contributed by atoms with Crippen molar-refractivity contribution in [2.75, 3.05) is 19.6 Å². The largest absolute Gasteiger partial charge is 0.351 e. The Kier molecular flexibility index (Phi) is 5.48. The van der Waals surface area contributed by atoms with Gasteiger partial charge in [-0.05, 0) is 35.2 Å². The molecule has 4 nitrogen and oxygen atoms in total. The molecule has 2 atom stereocenters. The minimum absolute atomic E-state index is 0.0338. The van der Waals surface area contributed by atoms with E-state index in [1.54, 1.807) is 0 Å². The van der Waals surface area contributed by atoms with Crippen molar-refractivity contribution in [3.05, 3.63) is 48.0 Å². The molecule has 0 radical (unpaired) electrons. The SMILES string of the molecule is CC[C@H]1CCN(CCN)[C@@H]1C(=O)NCc1cccc2ccccc12. The second kappa shape index (κ2) is 7.77. The molecule has 24 heavy (non-hydrogen) atoms. The van der Waals surface area contributed by atoms with Gasteiger partial charge in [-0.1, -0.05) is 55.8 Å². The number of rotatable bonds is 6. The Morgan fingerprint density at radius 1 is 1.25 bits per heavy atom. The maximum Gasteiger partial charge on any atom is 0.237 e. The predicted octanol–water partition coefficient (Wildman–Crippen LogP) is 2.52. The number of hydrogen-bond acceptors (Lipinski definition) is 3. The Hall–Kier alpha value is -1.91. The lowest BCUT2D eigenvalue weighted by Gasteiger charge is -2.26. The van der Waals surface area contributed by atoms with E-state index in [1.807, 2.05) is 12.1 Å². The van der Waals surface area contributed by atoms with Gasteiger partial charge in [-0.2, -0.15) is 0 Å². The van der Waals surface area contributed by atoms with Crippen molar-refractivity contribution in [3.63, 3.8) is 0 Å². The maximum atomic E-state index is 12.8. The summed E-state index contributed by atoms with van der Waals surface area (Å²) in [6.45, 7) is 5.11. The number of carbonyl (C=O) groups is 1. The van der Waals surface area contributed by atoms with Crippen LogP contribution in [0.3, 0.4) is 0 Å². The van der Waals surface area contributed by atoms with E-state index in [0.717, 1.165) is 31.5 Å². The van der Waals surface area contributed by atoms with Crippen LogP contribution in [0.1, 0.15) is 25.3 Å². The summed E-state index contributed by atoms with van der Waals surface area (Å²) in [5.41, 5.74) is 6.88. The first-order chi connectivity index (χ1) is 11.7. The van der Waals surface area contributed by atoms with Gasteiger partial charge in [0.1, 0.15) is 0 Å². The number of nitrogens with zero attached hydrogens (tertiary/aromatic N) is 1. The van der Waals surface area contributed by atoms with Crippen LogP contribution in [0, 0.1) is 5.92 Å². The number of amides is 1. The highest BCUT2D eigenvalue weighted by atomic mass is 16.2. The third-order valence-corrected chi connectivity index (χ3v) is 5.17. The zero-order valence-corrected chi connectivity index (χ0v) is 14.4. The molecule has 0 saturated carbocycles. The maximum absolute atomic E-state index is 12.8. The Labute approximate surface area is 144 Å². The topological polar surface area (TPSA) is 58.4 Å². The highest BCUT2D eigenvalue weighted by Gasteiger charge is 2.37. The normalized spacial score (nSPS) is 21.2. The third kappa shape index (κ3) is 3.45. The van der Waals surface area contributed by atoms with E-state index in [1.165, 1.54) is 10.8 Å². The van der Waals surface area contributed by atoms with Crippen molar-refractivity contribution in [2.24, 2.45) is 11.7 Å². The first kappa shape index (κ1) is 16.9. The second-order valence-electron chi connectivity index (χ2n) is 6.58. The number of fused-ring (bicyclic) bond motifs is 1. The highest BCUT2D eigenvalue weighted by Crippen LogP contribution is 2.27. The highest BCUT2D eigenvalue weighted by molar-refractivity contribution is 5.87. The average Bonchev–Trinajstić information content (AvgIpc) is 3.03. The lowest BCUT2D eigenvalue weighted by atomic mass is 9.96. The second-order valence-corrected chi connectivity index (χ2v) is 6.58. The fourth-order valence-electron chi connectivity index (χ4n) is 3.88. The van der Waals surface area contributed by atoms with Gasteiger partial charge >= 0.3 is 0 Å². The molecule has 3 rings (SSSR count). The van der Waals surface area contributed by atoms with Gasteiger partial charge in [-0.25, -0.2) is 0 Å². The van der Waals surface area contributed by atoms with E-state index in [0.29, 0.717) is 19.0 Å². The van der Waals surface area contributed by atoms with Crippen molar-refractivity contribution in [3.8, 4) is 0 Å². The fourth-order valence-corrected chi connectivity index (χ4v) is 3.88. The quantitative estimate of drug-likeness (QED) is 0.858. The summed E-state index contributed by atoms with van der Waals surface area (Å²) in [6, 6.07) is 14.5. The summed E-state index contributed by atoms with van der Waals surface area (Å²) in [5, 5.41) is 5.58. The molecule has 4 heteroatoms. The summed E-state index contributed by atoms with van der Waals surface area (Å²) in [4.78, 5) is 15.1. The van der Waals surface area contributed by atoms with Crippen molar-refractivity contribution < 1.29 is 4.79 Å². The first-order valence-corrected chi connectivity index (χ1v) is 8.93. The minimum atomic E-state index is -0.0338. The zero-order chi connectivity index (χ0) is 16.9. The standard InChI is InChI=1S/C20H27N3O/c1-2-15-10-12-23(13-11-21)19(15)20(24)22-14-17-8-5-7-16-6-3-4-9-18(16)17/h3-9,15,19H,2,10-14,21H2,1H3,(H,22,24)/t15-,19-/m0/s1. The third-order valence-electron chi connectivity index (χ3n) is 5.17. The predicted molar refractivity (Wildman–Crippen MR) is 98.6 cm³/mol. The van der Waals surface area contributed by atoms with Crippen molar-refractivity contribution in [2.45, 2.75) is 32.4 Å². The van der Waals surface area contributed by atoms with Gasteiger partial charge in [-0.15, -0.1) is 0 Å². The number of hydrogen-bond donors (Lipinski definition) is 2. The smallest absolute Gasteiger partial charge is 0.237 e. The molecule has 0 bridgehead atoms. The summed E-state index contributed by atoms with van der Waals surface area (Å²) in [5.74, 6) is 0.574. The van der Waals surface area contributed by atoms with Gasteiger partial charge in [0.15, 0.2) is 0 Å². The lowest BCUT2D eigenvalue weighted by molar-refractivity contribution is -0.126. The van der Waals surface area contributed by atoms with E-state index in [2.05, 4.69) is 47.5 Å². The molecular formula is C20H27N3O. The molecule has 128 valence electrons. The lowest BCUT2D eigenvalue weighted by Crippen LogP contribution is -2.47. The van der Waals surface area contributed by atoms with Gasteiger partial charge in [-0.3, -0.25) is 9.69 Å².